The first-order chi connectivity index (χ1) is 12.3. The van der Waals surface area contributed by atoms with Crippen LogP contribution in [0.5, 0.6) is 5.75 Å². The molecule has 0 N–H and O–H groups in total. The molecule has 0 radical (unpaired) electrons. The van der Waals surface area contributed by atoms with Crippen molar-refractivity contribution in [3.8, 4) is 5.75 Å². The van der Waals surface area contributed by atoms with E-state index in [1.165, 1.54) is 5.56 Å². The predicted molar refractivity (Wildman–Crippen MR) is 106 cm³/mol. The SMILES string of the molecule is COCCN(C/C=C/c1ccccc1)C/C=C/c1ccccc1OC. The second-order valence-electron chi connectivity index (χ2n) is 5.71. The molecule has 0 aromatic heterocycles. The summed E-state index contributed by atoms with van der Waals surface area (Å²) >= 11 is 0. The third kappa shape index (κ3) is 6.96. The highest BCUT2D eigenvalue weighted by molar-refractivity contribution is 5.57. The molecular formula is C22H27NO2. The maximum Gasteiger partial charge on any atom is 0.126 e. The molecule has 0 saturated heterocycles. The summed E-state index contributed by atoms with van der Waals surface area (Å²) in [5.41, 5.74) is 2.32. The van der Waals surface area contributed by atoms with Crippen molar-refractivity contribution in [1.29, 1.82) is 0 Å². The Bertz CT molecular complexity index is 665. The van der Waals surface area contributed by atoms with Gasteiger partial charge in [0.05, 0.1) is 13.7 Å². The largest absolute Gasteiger partial charge is 0.496 e. The predicted octanol–water partition coefficient (Wildman–Crippen LogP) is 4.37. The van der Waals surface area contributed by atoms with Crippen LogP contribution in [-0.4, -0.2) is 45.4 Å². The zero-order valence-corrected chi connectivity index (χ0v) is 15.1. The lowest BCUT2D eigenvalue weighted by atomic mass is 10.2. The minimum absolute atomic E-state index is 0.724. The lowest BCUT2D eigenvalue weighted by molar-refractivity contribution is 0.160. The quantitative estimate of drug-likeness (QED) is 0.642. The molecule has 0 unspecified atom stereocenters. The van der Waals surface area contributed by atoms with Crippen LogP contribution in [0.4, 0.5) is 0 Å². The highest BCUT2D eigenvalue weighted by Gasteiger charge is 2.01. The maximum atomic E-state index is 5.39. The Kier molecular flexibility index (Phi) is 8.53. The average molecular weight is 337 g/mol. The van der Waals surface area contributed by atoms with Gasteiger partial charge in [-0.15, -0.1) is 0 Å². The van der Waals surface area contributed by atoms with Crippen molar-refractivity contribution < 1.29 is 9.47 Å². The fraction of sp³-hybridized carbons (Fsp3) is 0.273. The van der Waals surface area contributed by atoms with Gasteiger partial charge in [0.2, 0.25) is 0 Å². The van der Waals surface area contributed by atoms with Crippen molar-refractivity contribution in [1.82, 2.24) is 4.90 Å². The van der Waals surface area contributed by atoms with Crippen molar-refractivity contribution in [2.75, 3.05) is 40.5 Å². The van der Waals surface area contributed by atoms with Crippen LogP contribution in [0.15, 0.2) is 66.7 Å². The van der Waals surface area contributed by atoms with Gasteiger partial charge in [-0.2, -0.15) is 0 Å². The molecule has 0 atom stereocenters. The molecular weight excluding hydrogens is 310 g/mol. The van der Waals surface area contributed by atoms with Gasteiger partial charge in [-0.3, -0.25) is 4.90 Å². The zero-order chi connectivity index (χ0) is 17.7. The van der Waals surface area contributed by atoms with Crippen molar-refractivity contribution in [2.45, 2.75) is 0 Å². The molecule has 0 bridgehead atoms. The summed E-state index contributed by atoms with van der Waals surface area (Å²) in [5, 5.41) is 0. The number of nitrogens with zero attached hydrogens (tertiary/aromatic N) is 1. The van der Waals surface area contributed by atoms with Gasteiger partial charge in [0.15, 0.2) is 0 Å². The van der Waals surface area contributed by atoms with Gasteiger partial charge in [-0.25, -0.2) is 0 Å². The van der Waals surface area contributed by atoms with E-state index in [4.69, 9.17) is 9.47 Å². The third-order valence-corrected chi connectivity index (χ3v) is 3.89. The van der Waals surface area contributed by atoms with Gasteiger partial charge in [0, 0.05) is 32.3 Å². The highest BCUT2D eigenvalue weighted by Crippen LogP contribution is 2.18. The molecule has 25 heavy (non-hydrogen) atoms. The number of para-hydroxylation sites is 1. The fourth-order valence-electron chi connectivity index (χ4n) is 2.51. The molecule has 0 heterocycles. The van der Waals surface area contributed by atoms with Gasteiger partial charge in [-0.05, 0) is 11.6 Å². The Morgan fingerprint density at radius 1 is 0.840 bits per heavy atom. The van der Waals surface area contributed by atoms with E-state index in [2.05, 4.69) is 59.5 Å². The summed E-state index contributed by atoms with van der Waals surface area (Å²) in [4.78, 5) is 2.34. The van der Waals surface area contributed by atoms with Crippen LogP contribution in [-0.2, 0) is 4.74 Å². The van der Waals surface area contributed by atoms with E-state index in [9.17, 15) is 0 Å². The molecule has 3 heteroatoms. The lowest BCUT2D eigenvalue weighted by Crippen LogP contribution is -2.27. The van der Waals surface area contributed by atoms with Gasteiger partial charge >= 0.3 is 0 Å². The van der Waals surface area contributed by atoms with E-state index >= 15 is 0 Å². The van der Waals surface area contributed by atoms with Crippen LogP contribution in [0.3, 0.4) is 0 Å². The summed E-state index contributed by atoms with van der Waals surface area (Å²) in [5.74, 6) is 0.895. The van der Waals surface area contributed by atoms with Crippen molar-refractivity contribution in [3.05, 3.63) is 77.9 Å². The molecule has 0 aliphatic carbocycles. The first-order valence-electron chi connectivity index (χ1n) is 8.56. The molecule has 0 aliphatic heterocycles. The second-order valence-corrected chi connectivity index (χ2v) is 5.71. The molecule has 2 aromatic rings. The number of ether oxygens (including phenoxy) is 2. The summed E-state index contributed by atoms with van der Waals surface area (Å²) in [7, 11) is 3.44. The van der Waals surface area contributed by atoms with E-state index in [1.807, 2.05) is 24.3 Å². The van der Waals surface area contributed by atoms with Crippen LogP contribution in [0, 0.1) is 0 Å². The van der Waals surface area contributed by atoms with Gasteiger partial charge in [0.25, 0.3) is 0 Å². The summed E-state index contributed by atoms with van der Waals surface area (Å²) in [6, 6.07) is 18.4. The Balaban J connectivity index is 1.92. The minimum Gasteiger partial charge on any atom is -0.496 e. The van der Waals surface area contributed by atoms with Gasteiger partial charge < -0.3 is 9.47 Å². The fourth-order valence-corrected chi connectivity index (χ4v) is 2.51. The Morgan fingerprint density at radius 3 is 2.24 bits per heavy atom. The first-order valence-corrected chi connectivity index (χ1v) is 8.56. The summed E-state index contributed by atoms with van der Waals surface area (Å²) < 4.78 is 10.6. The van der Waals surface area contributed by atoms with E-state index in [0.29, 0.717) is 0 Å². The van der Waals surface area contributed by atoms with Crippen LogP contribution < -0.4 is 4.74 Å². The molecule has 0 aliphatic rings. The Labute approximate surface area is 151 Å². The number of benzene rings is 2. The maximum absolute atomic E-state index is 5.39. The smallest absolute Gasteiger partial charge is 0.126 e. The highest BCUT2D eigenvalue weighted by atomic mass is 16.5. The van der Waals surface area contributed by atoms with E-state index in [-0.39, 0.29) is 0 Å². The molecule has 0 spiro atoms. The van der Waals surface area contributed by atoms with Crippen LogP contribution in [0.1, 0.15) is 11.1 Å². The van der Waals surface area contributed by atoms with Crippen LogP contribution in [0.25, 0.3) is 12.2 Å². The molecule has 2 rings (SSSR count). The van der Waals surface area contributed by atoms with Crippen molar-refractivity contribution >= 4 is 12.2 Å². The van der Waals surface area contributed by atoms with Crippen molar-refractivity contribution in [2.24, 2.45) is 0 Å². The molecule has 2 aromatic carbocycles. The standard InChI is InChI=1S/C22H27NO2/c1-24-19-18-23(16-8-12-20-10-4-3-5-11-20)17-9-14-21-13-6-7-15-22(21)25-2/h3-15H,16-19H2,1-2H3/b12-8+,14-9+. The topological polar surface area (TPSA) is 21.7 Å². The molecule has 0 saturated carbocycles. The van der Waals surface area contributed by atoms with E-state index in [0.717, 1.165) is 37.6 Å². The number of methoxy groups -OCH3 is 2. The molecule has 0 fully saturated rings. The molecule has 0 amide bonds. The molecule has 132 valence electrons. The Hall–Kier alpha value is -2.36. The third-order valence-electron chi connectivity index (χ3n) is 3.89. The minimum atomic E-state index is 0.724. The zero-order valence-electron chi connectivity index (χ0n) is 15.1. The Morgan fingerprint density at radius 2 is 1.52 bits per heavy atom. The van der Waals surface area contributed by atoms with E-state index in [1.54, 1.807) is 14.2 Å². The normalized spacial score (nSPS) is 11.6. The van der Waals surface area contributed by atoms with Gasteiger partial charge in [-0.1, -0.05) is 72.8 Å². The monoisotopic (exact) mass is 337 g/mol. The van der Waals surface area contributed by atoms with Crippen LogP contribution >= 0.6 is 0 Å². The molecule has 3 nitrogen and oxygen atoms in total. The van der Waals surface area contributed by atoms with Crippen molar-refractivity contribution in [3.63, 3.8) is 0 Å². The second kappa shape index (κ2) is 11.2. The average Bonchev–Trinajstić information content (AvgIpc) is 2.67. The number of rotatable bonds is 10. The number of hydrogen-bond donors (Lipinski definition) is 0. The number of hydrogen-bond acceptors (Lipinski definition) is 3. The summed E-state index contributed by atoms with van der Waals surface area (Å²) in [6.45, 7) is 3.36. The lowest BCUT2D eigenvalue weighted by Gasteiger charge is -2.18. The van der Waals surface area contributed by atoms with Gasteiger partial charge in [0.1, 0.15) is 5.75 Å². The van der Waals surface area contributed by atoms with E-state index < -0.39 is 0 Å². The first kappa shape index (κ1) is 19.0. The van der Waals surface area contributed by atoms with Crippen LogP contribution in [0.2, 0.25) is 0 Å². The summed E-state index contributed by atoms with van der Waals surface area (Å²) in [6.07, 6.45) is 8.63.